The van der Waals surface area contributed by atoms with Crippen molar-refractivity contribution in [2.75, 3.05) is 5.73 Å². The van der Waals surface area contributed by atoms with E-state index in [4.69, 9.17) is 10.5 Å². The number of aromatic nitrogens is 2. The number of nitrogens with zero attached hydrogens (tertiary/aromatic N) is 2. The summed E-state index contributed by atoms with van der Waals surface area (Å²) in [6, 6.07) is 0. The van der Waals surface area contributed by atoms with Gasteiger partial charge < -0.3 is 10.5 Å². The molecule has 1 aromatic heterocycles. The second kappa shape index (κ2) is 5.23. The highest BCUT2D eigenvalue weighted by atomic mass is 16.5. The molecule has 1 aliphatic carbocycles. The molecule has 0 bridgehead atoms. The molecule has 2 rings (SSSR count). The average molecular weight is 265 g/mol. The highest BCUT2D eigenvalue weighted by molar-refractivity contribution is 5.93. The van der Waals surface area contributed by atoms with Crippen LogP contribution >= 0.6 is 0 Å². The Hall–Kier alpha value is -1.52. The average Bonchev–Trinajstić information content (AvgIpc) is 2.73. The number of esters is 1. The molecule has 5 nitrogen and oxygen atoms in total. The third-order valence-electron chi connectivity index (χ3n) is 3.92. The molecule has 1 fully saturated rings. The van der Waals surface area contributed by atoms with E-state index in [0.717, 1.165) is 25.7 Å². The summed E-state index contributed by atoms with van der Waals surface area (Å²) in [6.07, 6.45) is 5.56. The van der Waals surface area contributed by atoms with Crippen LogP contribution in [0.4, 0.5) is 5.69 Å². The number of ether oxygens (including phenoxy) is 1. The van der Waals surface area contributed by atoms with Crippen LogP contribution in [0.3, 0.4) is 0 Å². The molecule has 1 aromatic rings. The Kier molecular flexibility index (Phi) is 3.83. The Morgan fingerprint density at radius 1 is 1.53 bits per heavy atom. The molecule has 106 valence electrons. The van der Waals surface area contributed by atoms with Gasteiger partial charge in [0.25, 0.3) is 0 Å². The Bertz CT molecular complexity index is 455. The number of nitrogens with two attached hydrogens (primary N) is 1. The minimum absolute atomic E-state index is 0.0140. The summed E-state index contributed by atoms with van der Waals surface area (Å²) >= 11 is 0. The first kappa shape index (κ1) is 13.9. The van der Waals surface area contributed by atoms with Gasteiger partial charge in [0.1, 0.15) is 6.10 Å². The molecule has 0 radical (unpaired) electrons. The first-order chi connectivity index (χ1) is 8.93. The van der Waals surface area contributed by atoms with Gasteiger partial charge in [-0.2, -0.15) is 5.10 Å². The highest BCUT2D eigenvalue weighted by Gasteiger charge is 2.30. The normalized spacial score (nSPS) is 19.3. The lowest BCUT2D eigenvalue weighted by Crippen LogP contribution is -2.29. The van der Waals surface area contributed by atoms with E-state index < -0.39 is 0 Å². The number of rotatable bonds is 3. The van der Waals surface area contributed by atoms with Crippen LogP contribution in [0, 0.1) is 5.41 Å². The fraction of sp³-hybridized carbons (Fsp3) is 0.714. The maximum atomic E-state index is 12.2. The largest absolute Gasteiger partial charge is 0.458 e. The Morgan fingerprint density at radius 3 is 2.74 bits per heavy atom. The number of anilines is 1. The quantitative estimate of drug-likeness (QED) is 0.853. The standard InChI is InChI=1S/C14H23N3O2/c1-4-17-12(11(15)9-16-17)13(18)19-10-5-7-14(2,3)8-6-10/h9-10H,4-8,15H2,1-3H3. The van der Waals surface area contributed by atoms with Crippen LogP contribution in [0.1, 0.15) is 56.9 Å². The Morgan fingerprint density at radius 2 is 2.16 bits per heavy atom. The number of carbonyl (C=O) groups is 1. The lowest BCUT2D eigenvalue weighted by atomic mass is 9.76. The zero-order valence-corrected chi connectivity index (χ0v) is 12.0. The van der Waals surface area contributed by atoms with Crippen molar-refractivity contribution >= 4 is 11.7 Å². The number of carbonyl (C=O) groups excluding carboxylic acids is 1. The second-order valence-corrected chi connectivity index (χ2v) is 6.03. The van der Waals surface area contributed by atoms with Gasteiger partial charge in [-0.3, -0.25) is 4.68 Å². The Balaban J connectivity index is 2.00. The van der Waals surface area contributed by atoms with Crippen molar-refractivity contribution in [2.24, 2.45) is 5.41 Å². The Labute approximate surface area is 114 Å². The molecule has 0 unspecified atom stereocenters. The SMILES string of the molecule is CCn1ncc(N)c1C(=O)OC1CCC(C)(C)CC1. The van der Waals surface area contributed by atoms with Gasteiger partial charge in [-0.1, -0.05) is 13.8 Å². The summed E-state index contributed by atoms with van der Waals surface area (Å²) in [5.74, 6) is -0.346. The van der Waals surface area contributed by atoms with Crippen LogP contribution < -0.4 is 5.73 Å². The molecule has 0 amide bonds. The van der Waals surface area contributed by atoms with E-state index in [2.05, 4.69) is 18.9 Å². The van der Waals surface area contributed by atoms with Crippen LogP contribution in [-0.2, 0) is 11.3 Å². The number of hydrogen-bond donors (Lipinski definition) is 1. The fourth-order valence-corrected chi connectivity index (χ4v) is 2.56. The first-order valence-electron chi connectivity index (χ1n) is 6.95. The summed E-state index contributed by atoms with van der Waals surface area (Å²) in [5, 5.41) is 4.06. The van der Waals surface area contributed by atoms with Gasteiger partial charge in [0.05, 0.1) is 11.9 Å². The second-order valence-electron chi connectivity index (χ2n) is 6.03. The molecule has 0 aromatic carbocycles. The van der Waals surface area contributed by atoms with Crippen molar-refractivity contribution in [3.63, 3.8) is 0 Å². The highest BCUT2D eigenvalue weighted by Crippen LogP contribution is 2.36. The zero-order chi connectivity index (χ0) is 14.0. The third-order valence-corrected chi connectivity index (χ3v) is 3.92. The van der Waals surface area contributed by atoms with Crippen molar-refractivity contribution in [2.45, 2.75) is 59.1 Å². The molecule has 0 atom stereocenters. The molecule has 0 saturated heterocycles. The third kappa shape index (κ3) is 3.08. The predicted octanol–water partition coefficient (Wildman–Crippen LogP) is 2.61. The number of nitrogen functional groups attached to an aromatic ring is 1. The van der Waals surface area contributed by atoms with E-state index in [1.807, 2.05) is 6.92 Å². The van der Waals surface area contributed by atoms with Gasteiger partial charge in [-0.25, -0.2) is 4.79 Å². The number of aryl methyl sites for hydroxylation is 1. The maximum absolute atomic E-state index is 12.2. The van der Waals surface area contributed by atoms with E-state index in [1.165, 1.54) is 6.20 Å². The van der Waals surface area contributed by atoms with Gasteiger partial charge in [0, 0.05) is 6.54 Å². The zero-order valence-electron chi connectivity index (χ0n) is 12.0. The lowest BCUT2D eigenvalue weighted by Gasteiger charge is -2.33. The van der Waals surface area contributed by atoms with Crippen LogP contribution in [0.15, 0.2) is 6.20 Å². The maximum Gasteiger partial charge on any atom is 0.359 e. The lowest BCUT2D eigenvalue weighted by molar-refractivity contribution is 0.00842. The van der Waals surface area contributed by atoms with Gasteiger partial charge >= 0.3 is 5.97 Å². The van der Waals surface area contributed by atoms with Crippen LogP contribution in [0.2, 0.25) is 0 Å². The van der Waals surface area contributed by atoms with Crippen LogP contribution in [0.5, 0.6) is 0 Å². The first-order valence-corrected chi connectivity index (χ1v) is 6.95. The molecule has 0 spiro atoms. The molecular formula is C14H23N3O2. The van der Waals surface area contributed by atoms with E-state index in [-0.39, 0.29) is 12.1 Å². The topological polar surface area (TPSA) is 70.1 Å². The minimum atomic E-state index is -0.346. The number of hydrogen-bond acceptors (Lipinski definition) is 4. The summed E-state index contributed by atoms with van der Waals surface area (Å²) < 4.78 is 7.16. The van der Waals surface area contributed by atoms with Gasteiger partial charge in [-0.05, 0) is 38.0 Å². The summed E-state index contributed by atoms with van der Waals surface area (Å²) in [5.41, 5.74) is 6.92. The summed E-state index contributed by atoms with van der Waals surface area (Å²) in [4.78, 5) is 12.2. The molecule has 1 saturated carbocycles. The van der Waals surface area contributed by atoms with Crippen LogP contribution in [-0.4, -0.2) is 21.9 Å². The predicted molar refractivity (Wildman–Crippen MR) is 73.8 cm³/mol. The van der Waals surface area contributed by atoms with Gasteiger partial charge in [0.2, 0.25) is 0 Å². The van der Waals surface area contributed by atoms with Crippen LogP contribution in [0.25, 0.3) is 0 Å². The van der Waals surface area contributed by atoms with Crippen molar-refractivity contribution in [1.82, 2.24) is 9.78 Å². The molecule has 2 N–H and O–H groups in total. The summed E-state index contributed by atoms with van der Waals surface area (Å²) in [6.45, 7) is 7.05. The molecule has 0 aliphatic heterocycles. The smallest absolute Gasteiger partial charge is 0.359 e. The van der Waals surface area contributed by atoms with Crippen molar-refractivity contribution in [3.05, 3.63) is 11.9 Å². The van der Waals surface area contributed by atoms with Crippen molar-refractivity contribution < 1.29 is 9.53 Å². The molecule has 1 heterocycles. The molecule has 5 heteroatoms. The monoisotopic (exact) mass is 265 g/mol. The van der Waals surface area contributed by atoms with E-state index >= 15 is 0 Å². The van der Waals surface area contributed by atoms with Gasteiger partial charge in [-0.15, -0.1) is 0 Å². The van der Waals surface area contributed by atoms with Gasteiger partial charge in [0.15, 0.2) is 5.69 Å². The minimum Gasteiger partial charge on any atom is -0.458 e. The molecular weight excluding hydrogens is 242 g/mol. The van der Waals surface area contributed by atoms with E-state index in [1.54, 1.807) is 4.68 Å². The molecule has 19 heavy (non-hydrogen) atoms. The van der Waals surface area contributed by atoms with Crippen molar-refractivity contribution in [3.8, 4) is 0 Å². The van der Waals surface area contributed by atoms with Crippen molar-refractivity contribution in [1.29, 1.82) is 0 Å². The summed E-state index contributed by atoms with van der Waals surface area (Å²) in [7, 11) is 0. The van der Waals surface area contributed by atoms with E-state index in [0.29, 0.717) is 23.3 Å². The fourth-order valence-electron chi connectivity index (χ4n) is 2.56. The van der Waals surface area contributed by atoms with E-state index in [9.17, 15) is 4.79 Å². The molecule has 1 aliphatic rings.